The summed E-state index contributed by atoms with van der Waals surface area (Å²) in [5, 5.41) is 3.35. The van der Waals surface area contributed by atoms with Crippen LogP contribution >= 0.6 is 0 Å². The minimum atomic E-state index is 0.185. The van der Waals surface area contributed by atoms with E-state index in [1.807, 2.05) is 24.0 Å². The van der Waals surface area contributed by atoms with Gasteiger partial charge in [0, 0.05) is 30.4 Å². The summed E-state index contributed by atoms with van der Waals surface area (Å²) < 4.78 is 0. The van der Waals surface area contributed by atoms with Gasteiger partial charge in [0.2, 0.25) is 0 Å². The predicted octanol–water partition coefficient (Wildman–Crippen LogP) is 3.44. The van der Waals surface area contributed by atoms with Crippen LogP contribution in [0.4, 0.5) is 5.69 Å². The molecule has 0 radical (unpaired) electrons. The maximum atomic E-state index is 12.5. The molecule has 1 atom stereocenters. The van der Waals surface area contributed by atoms with Gasteiger partial charge < -0.3 is 10.2 Å². The number of hydrogen-bond acceptors (Lipinski definition) is 2. The molecule has 0 bridgehead atoms. The van der Waals surface area contributed by atoms with Crippen LogP contribution in [0.25, 0.3) is 0 Å². The van der Waals surface area contributed by atoms with Gasteiger partial charge in [-0.05, 0) is 56.9 Å². The lowest BCUT2D eigenvalue weighted by Crippen LogP contribution is -2.34. The van der Waals surface area contributed by atoms with Crippen molar-refractivity contribution in [1.29, 1.82) is 0 Å². The second-order valence-corrected chi connectivity index (χ2v) is 5.45. The number of likely N-dealkylation sites (tertiary alicyclic amines) is 1. The van der Waals surface area contributed by atoms with E-state index in [0.717, 1.165) is 49.2 Å². The number of anilines is 1. The number of aryl methyl sites for hydroxylation is 1. The first-order chi connectivity index (χ1) is 9.13. The minimum Gasteiger partial charge on any atom is -0.385 e. The molecule has 3 heteroatoms. The first-order valence-corrected chi connectivity index (χ1v) is 7.29. The molecule has 1 unspecified atom stereocenters. The van der Waals surface area contributed by atoms with Crippen molar-refractivity contribution in [3.63, 3.8) is 0 Å². The standard InChI is InChI=1S/C16H24N2O/c1-4-9-17-14-7-8-15(12(2)11-14)16(19)18-10-5-6-13(18)3/h7-8,11,13,17H,4-6,9-10H2,1-3H3. The molecule has 19 heavy (non-hydrogen) atoms. The first kappa shape index (κ1) is 13.9. The highest BCUT2D eigenvalue weighted by Gasteiger charge is 2.26. The normalized spacial score (nSPS) is 18.7. The zero-order chi connectivity index (χ0) is 13.8. The van der Waals surface area contributed by atoms with E-state index in [9.17, 15) is 4.79 Å². The molecule has 1 heterocycles. The molecule has 2 rings (SSSR count). The summed E-state index contributed by atoms with van der Waals surface area (Å²) in [6.45, 7) is 8.17. The highest BCUT2D eigenvalue weighted by molar-refractivity contribution is 5.96. The third-order valence-corrected chi connectivity index (χ3v) is 3.85. The molecule has 0 saturated carbocycles. The molecule has 1 N–H and O–H groups in total. The number of nitrogens with one attached hydrogen (secondary N) is 1. The van der Waals surface area contributed by atoms with Gasteiger partial charge in [-0.1, -0.05) is 6.92 Å². The van der Waals surface area contributed by atoms with Crippen LogP contribution in [0.1, 0.15) is 49.0 Å². The maximum absolute atomic E-state index is 12.5. The van der Waals surface area contributed by atoms with E-state index in [1.54, 1.807) is 0 Å². The van der Waals surface area contributed by atoms with Crippen LogP contribution in [0.5, 0.6) is 0 Å². The zero-order valence-corrected chi connectivity index (χ0v) is 12.2. The van der Waals surface area contributed by atoms with E-state index in [0.29, 0.717) is 6.04 Å². The Hall–Kier alpha value is -1.51. The van der Waals surface area contributed by atoms with E-state index in [1.165, 1.54) is 0 Å². The fraction of sp³-hybridized carbons (Fsp3) is 0.562. The Morgan fingerprint density at radius 2 is 2.26 bits per heavy atom. The van der Waals surface area contributed by atoms with E-state index in [4.69, 9.17) is 0 Å². The van der Waals surface area contributed by atoms with Crippen LogP contribution in [-0.2, 0) is 0 Å². The van der Waals surface area contributed by atoms with E-state index >= 15 is 0 Å². The number of rotatable bonds is 4. The van der Waals surface area contributed by atoms with Crippen LogP contribution in [-0.4, -0.2) is 29.9 Å². The van der Waals surface area contributed by atoms with E-state index < -0.39 is 0 Å². The average molecular weight is 260 g/mol. The van der Waals surface area contributed by atoms with Gasteiger partial charge in [-0.2, -0.15) is 0 Å². The summed E-state index contributed by atoms with van der Waals surface area (Å²) in [7, 11) is 0. The number of carbonyl (C=O) groups is 1. The summed E-state index contributed by atoms with van der Waals surface area (Å²) in [6, 6.07) is 6.42. The molecule has 1 amide bonds. The summed E-state index contributed by atoms with van der Waals surface area (Å²) in [4.78, 5) is 14.5. The Morgan fingerprint density at radius 1 is 1.47 bits per heavy atom. The van der Waals surface area contributed by atoms with Gasteiger partial charge in [-0.25, -0.2) is 0 Å². The Labute approximate surface area is 116 Å². The van der Waals surface area contributed by atoms with Crippen LogP contribution < -0.4 is 5.32 Å². The Balaban J connectivity index is 2.14. The van der Waals surface area contributed by atoms with Gasteiger partial charge in [0.25, 0.3) is 5.91 Å². The predicted molar refractivity (Wildman–Crippen MR) is 79.7 cm³/mol. The molecule has 1 aromatic carbocycles. The molecule has 104 valence electrons. The number of nitrogens with zero attached hydrogens (tertiary/aromatic N) is 1. The smallest absolute Gasteiger partial charge is 0.254 e. The Morgan fingerprint density at radius 3 is 2.84 bits per heavy atom. The van der Waals surface area contributed by atoms with Gasteiger partial charge in [0.05, 0.1) is 0 Å². The quantitative estimate of drug-likeness (QED) is 0.899. The van der Waals surface area contributed by atoms with Gasteiger partial charge in [0.15, 0.2) is 0 Å². The SMILES string of the molecule is CCCNc1ccc(C(=O)N2CCCC2C)c(C)c1. The van der Waals surface area contributed by atoms with Crippen LogP contribution in [0.15, 0.2) is 18.2 Å². The fourth-order valence-electron chi connectivity index (χ4n) is 2.67. The second kappa shape index (κ2) is 6.09. The highest BCUT2D eigenvalue weighted by atomic mass is 16.2. The number of hydrogen-bond donors (Lipinski definition) is 1. The zero-order valence-electron chi connectivity index (χ0n) is 12.2. The summed E-state index contributed by atoms with van der Waals surface area (Å²) in [5.74, 6) is 0.185. The van der Waals surface area contributed by atoms with Crippen molar-refractivity contribution in [2.45, 2.75) is 46.1 Å². The lowest BCUT2D eigenvalue weighted by molar-refractivity contribution is 0.0747. The highest BCUT2D eigenvalue weighted by Crippen LogP contribution is 2.22. The van der Waals surface area contributed by atoms with Gasteiger partial charge in [-0.15, -0.1) is 0 Å². The summed E-state index contributed by atoms with van der Waals surface area (Å²) >= 11 is 0. The summed E-state index contributed by atoms with van der Waals surface area (Å²) in [5.41, 5.74) is 3.01. The lowest BCUT2D eigenvalue weighted by atomic mass is 10.1. The van der Waals surface area contributed by atoms with Gasteiger partial charge in [0.1, 0.15) is 0 Å². The van der Waals surface area contributed by atoms with Gasteiger partial charge >= 0.3 is 0 Å². The van der Waals surface area contributed by atoms with Crippen molar-refractivity contribution in [3.8, 4) is 0 Å². The molecule has 0 spiro atoms. The van der Waals surface area contributed by atoms with E-state index in [2.05, 4.69) is 25.2 Å². The van der Waals surface area contributed by atoms with Crippen LogP contribution in [0.3, 0.4) is 0 Å². The largest absolute Gasteiger partial charge is 0.385 e. The number of amides is 1. The molecule has 1 aromatic rings. The second-order valence-electron chi connectivity index (χ2n) is 5.45. The molecule has 1 aliphatic heterocycles. The third-order valence-electron chi connectivity index (χ3n) is 3.85. The molecule has 1 saturated heterocycles. The van der Waals surface area contributed by atoms with Crippen molar-refractivity contribution in [1.82, 2.24) is 4.90 Å². The Bertz CT molecular complexity index is 456. The molecule has 0 aromatic heterocycles. The van der Waals surface area contributed by atoms with Gasteiger partial charge in [-0.3, -0.25) is 4.79 Å². The molecule has 0 aliphatic carbocycles. The first-order valence-electron chi connectivity index (χ1n) is 7.29. The molecular weight excluding hydrogens is 236 g/mol. The maximum Gasteiger partial charge on any atom is 0.254 e. The van der Waals surface area contributed by atoms with Crippen molar-refractivity contribution in [2.75, 3.05) is 18.4 Å². The van der Waals surface area contributed by atoms with Crippen molar-refractivity contribution in [3.05, 3.63) is 29.3 Å². The van der Waals surface area contributed by atoms with E-state index in [-0.39, 0.29) is 5.91 Å². The molecule has 3 nitrogen and oxygen atoms in total. The van der Waals surface area contributed by atoms with Crippen molar-refractivity contribution >= 4 is 11.6 Å². The monoisotopic (exact) mass is 260 g/mol. The molecule has 1 aliphatic rings. The fourth-order valence-corrected chi connectivity index (χ4v) is 2.67. The molecule has 1 fully saturated rings. The lowest BCUT2D eigenvalue weighted by Gasteiger charge is -2.22. The van der Waals surface area contributed by atoms with Crippen molar-refractivity contribution < 1.29 is 4.79 Å². The number of benzene rings is 1. The van der Waals surface area contributed by atoms with Crippen LogP contribution in [0, 0.1) is 6.92 Å². The topological polar surface area (TPSA) is 32.3 Å². The van der Waals surface area contributed by atoms with Crippen molar-refractivity contribution in [2.24, 2.45) is 0 Å². The number of carbonyl (C=O) groups excluding carboxylic acids is 1. The Kier molecular flexibility index (Phi) is 4.46. The molecular formula is C16H24N2O. The third kappa shape index (κ3) is 3.09. The minimum absolute atomic E-state index is 0.185. The average Bonchev–Trinajstić information content (AvgIpc) is 2.82. The van der Waals surface area contributed by atoms with Crippen LogP contribution in [0.2, 0.25) is 0 Å². The summed E-state index contributed by atoms with van der Waals surface area (Å²) in [6.07, 6.45) is 3.36.